The molecule has 0 atom stereocenters. The lowest BCUT2D eigenvalue weighted by Gasteiger charge is -2.19. The van der Waals surface area contributed by atoms with Crippen LogP contribution in [0.5, 0.6) is 0 Å². The highest BCUT2D eigenvalue weighted by atomic mass is 15.2. The molecule has 1 rings (SSSR count). The van der Waals surface area contributed by atoms with E-state index < -0.39 is 0 Å². The van der Waals surface area contributed by atoms with Crippen LogP contribution in [0, 0.1) is 0 Å². The molecule has 2 heteroatoms. The topological polar surface area (TPSA) is 29.3 Å². The summed E-state index contributed by atoms with van der Waals surface area (Å²) in [5.41, 5.74) is 8.38. The van der Waals surface area contributed by atoms with E-state index in [2.05, 4.69) is 24.0 Å². The molecule has 0 bridgehead atoms. The van der Waals surface area contributed by atoms with Crippen molar-refractivity contribution in [3.05, 3.63) is 23.4 Å². The van der Waals surface area contributed by atoms with Crippen molar-refractivity contribution in [3.8, 4) is 0 Å². The van der Waals surface area contributed by atoms with Crippen LogP contribution in [0.4, 0.5) is 0 Å². The summed E-state index contributed by atoms with van der Waals surface area (Å²) < 4.78 is 0. The van der Waals surface area contributed by atoms with Gasteiger partial charge >= 0.3 is 0 Å². The second kappa shape index (κ2) is 4.31. The maximum Gasteiger partial charge on any atom is 0.0650 e. The minimum atomic E-state index is 0.610. The van der Waals surface area contributed by atoms with Crippen LogP contribution in [0.15, 0.2) is 23.4 Å². The minimum absolute atomic E-state index is 0.610. The summed E-state index contributed by atoms with van der Waals surface area (Å²) in [5.74, 6) is 0. The summed E-state index contributed by atoms with van der Waals surface area (Å²) in [5, 5.41) is 0. The van der Waals surface area contributed by atoms with Crippen molar-refractivity contribution >= 4 is 0 Å². The van der Waals surface area contributed by atoms with E-state index in [4.69, 9.17) is 5.73 Å². The molecule has 0 aromatic rings. The van der Waals surface area contributed by atoms with Gasteiger partial charge in [-0.25, -0.2) is 0 Å². The van der Waals surface area contributed by atoms with Crippen LogP contribution in [-0.4, -0.2) is 18.6 Å². The maximum atomic E-state index is 5.55. The van der Waals surface area contributed by atoms with E-state index >= 15 is 0 Å². The lowest BCUT2D eigenvalue weighted by Crippen LogP contribution is -2.24. The number of nitrogens with two attached hydrogens (primary N) is 1. The Kier molecular flexibility index (Phi) is 3.35. The standard InChI is InChI=1S/C10H18N2/c1-9-4-3-5-10(7-6-9)12(2)8-11/h6-7H,3-5,8,11H2,1-2H3. The molecule has 0 aliphatic heterocycles. The second-order valence-electron chi connectivity index (χ2n) is 3.41. The van der Waals surface area contributed by atoms with Crippen LogP contribution in [0.25, 0.3) is 0 Å². The van der Waals surface area contributed by atoms with E-state index in [1.807, 2.05) is 7.05 Å². The Morgan fingerprint density at radius 1 is 1.42 bits per heavy atom. The van der Waals surface area contributed by atoms with Crippen molar-refractivity contribution in [3.63, 3.8) is 0 Å². The zero-order valence-electron chi connectivity index (χ0n) is 8.01. The average Bonchev–Trinajstić information content (AvgIpc) is 2.29. The van der Waals surface area contributed by atoms with Crippen LogP contribution in [0.2, 0.25) is 0 Å². The molecule has 0 saturated carbocycles. The van der Waals surface area contributed by atoms with Gasteiger partial charge in [-0.15, -0.1) is 0 Å². The highest BCUT2D eigenvalue weighted by molar-refractivity contribution is 5.18. The van der Waals surface area contributed by atoms with E-state index in [9.17, 15) is 0 Å². The lowest BCUT2D eigenvalue weighted by molar-refractivity contribution is 0.411. The van der Waals surface area contributed by atoms with Gasteiger partial charge in [-0.3, -0.25) is 0 Å². The molecule has 2 N–H and O–H groups in total. The van der Waals surface area contributed by atoms with Crippen LogP contribution in [-0.2, 0) is 0 Å². The number of nitrogens with zero attached hydrogens (tertiary/aromatic N) is 1. The van der Waals surface area contributed by atoms with E-state index in [1.165, 1.54) is 24.1 Å². The summed E-state index contributed by atoms with van der Waals surface area (Å²) in [6.07, 6.45) is 8.02. The fourth-order valence-corrected chi connectivity index (χ4v) is 1.39. The van der Waals surface area contributed by atoms with Gasteiger partial charge in [-0.1, -0.05) is 11.6 Å². The Morgan fingerprint density at radius 3 is 2.83 bits per heavy atom. The molecule has 0 radical (unpaired) electrons. The smallest absolute Gasteiger partial charge is 0.0650 e. The zero-order valence-corrected chi connectivity index (χ0v) is 8.01. The zero-order chi connectivity index (χ0) is 8.97. The normalized spacial score (nSPS) is 17.9. The molecule has 2 nitrogen and oxygen atoms in total. The van der Waals surface area contributed by atoms with E-state index in [0.29, 0.717) is 6.67 Å². The molecule has 1 aliphatic carbocycles. The minimum Gasteiger partial charge on any atom is -0.365 e. The summed E-state index contributed by atoms with van der Waals surface area (Å²) >= 11 is 0. The van der Waals surface area contributed by atoms with Gasteiger partial charge in [0.15, 0.2) is 0 Å². The van der Waals surface area contributed by atoms with Crippen LogP contribution in [0.3, 0.4) is 0 Å². The summed E-state index contributed by atoms with van der Waals surface area (Å²) in [6.45, 7) is 2.79. The fourth-order valence-electron chi connectivity index (χ4n) is 1.39. The molecule has 0 amide bonds. The molecule has 12 heavy (non-hydrogen) atoms. The maximum absolute atomic E-state index is 5.55. The van der Waals surface area contributed by atoms with E-state index in [-0.39, 0.29) is 0 Å². The molecule has 0 aromatic heterocycles. The van der Waals surface area contributed by atoms with Crippen LogP contribution >= 0.6 is 0 Å². The van der Waals surface area contributed by atoms with Gasteiger partial charge in [-0.05, 0) is 32.3 Å². The molecule has 0 fully saturated rings. The Bertz CT molecular complexity index is 204. The first-order chi connectivity index (χ1) is 5.74. The molecule has 0 unspecified atom stereocenters. The number of allylic oxidation sites excluding steroid dienone is 4. The molecule has 0 saturated heterocycles. The molecular weight excluding hydrogens is 148 g/mol. The van der Waals surface area contributed by atoms with Crippen molar-refractivity contribution in [2.24, 2.45) is 5.73 Å². The molecule has 0 heterocycles. The Morgan fingerprint density at radius 2 is 2.17 bits per heavy atom. The van der Waals surface area contributed by atoms with Gasteiger partial charge in [0, 0.05) is 12.7 Å². The summed E-state index contributed by atoms with van der Waals surface area (Å²) in [6, 6.07) is 0. The molecule has 0 spiro atoms. The van der Waals surface area contributed by atoms with E-state index in [1.54, 1.807) is 0 Å². The number of hydrogen-bond donors (Lipinski definition) is 1. The second-order valence-corrected chi connectivity index (χ2v) is 3.41. The predicted molar refractivity (Wildman–Crippen MR) is 52.5 cm³/mol. The van der Waals surface area contributed by atoms with Crippen molar-refractivity contribution in [2.45, 2.75) is 26.2 Å². The number of hydrogen-bond acceptors (Lipinski definition) is 2. The fraction of sp³-hybridized carbons (Fsp3) is 0.600. The Hall–Kier alpha value is -0.760. The van der Waals surface area contributed by atoms with Gasteiger partial charge in [0.05, 0.1) is 6.67 Å². The number of rotatable bonds is 2. The van der Waals surface area contributed by atoms with Crippen LogP contribution in [0.1, 0.15) is 26.2 Å². The van der Waals surface area contributed by atoms with Gasteiger partial charge in [-0.2, -0.15) is 0 Å². The quantitative estimate of drug-likeness (QED) is 0.634. The van der Waals surface area contributed by atoms with Crippen molar-refractivity contribution < 1.29 is 0 Å². The van der Waals surface area contributed by atoms with Crippen LogP contribution < -0.4 is 5.73 Å². The highest BCUT2D eigenvalue weighted by Crippen LogP contribution is 2.18. The summed E-state index contributed by atoms with van der Waals surface area (Å²) in [4.78, 5) is 2.11. The summed E-state index contributed by atoms with van der Waals surface area (Å²) in [7, 11) is 2.04. The van der Waals surface area contributed by atoms with Crippen molar-refractivity contribution in [1.29, 1.82) is 0 Å². The SMILES string of the molecule is CC1=CC=C(N(C)CN)CCC1. The molecular formula is C10H18N2. The monoisotopic (exact) mass is 166 g/mol. The van der Waals surface area contributed by atoms with Gasteiger partial charge < -0.3 is 10.6 Å². The highest BCUT2D eigenvalue weighted by Gasteiger charge is 2.04. The van der Waals surface area contributed by atoms with E-state index in [0.717, 1.165) is 6.42 Å². The third kappa shape index (κ3) is 2.38. The third-order valence-corrected chi connectivity index (χ3v) is 2.33. The molecule has 68 valence electrons. The van der Waals surface area contributed by atoms with Crippen molar-refractivity contribution in [2.75, 3.05) is 13.7 Å². The Balaban J connectivity index is 2.64. The lowest BCUT2D eigenvalue weighted by atomic mass is 10.1. The molecule has 0 aromatic carbocycles. The predicted octanol–water partition coefficient (Wildman–Crippen LogP) is 1.85. The average molecular weight is 166 g/mol. The van der Waals surface area contributed by atoms with Crippen molar-refractivity contribution in [1.82, 2.24) is 4.90 Å². The largest absolute Gasteiger partial charge is 0.365 e. The van der Waals surface area contributed by atoms with Gasteiger partial charge in [0.2, 0.25) is 0 Å². The Labute approximate surface area is 74.7 Å². The first-order valence-corrected chi connectivity index (χ1v) is 4.51. The first kappa shape index (κ1) is 9.33. The van der Waals surface area contributed by atoms with Gasteiger partial charge in [0.25, 0.3) is 0 Å². The first-order valence-electron chi connectivity index (χ1n) is 4.51. The molecule has 1 aliphatic rings. The third-order valence-electron chi connectivity index (χ3n) is 2.33. The van der Waals surface area contributed by atoms with Gasteiger partial charge in [0.1, 0.15) is 0 Å².